The normalized spacial score (nSPS) is 12.0. The van der Waals surface area contributed by atoms with Gasteiger partial charge in [-0.3, -0.25) is 9.59 Å². The molecule has 0 saturated heterocycles. The number of carboxylic acids is 2. The quantitative estimate of drug-likeness (QED) is 0.544. The number of fused-ring (bicyclic) bond motifs is 2. The average Bonchev–Trinajstić information content (AvgIpc) is 2.51. The number of carbonyl (C=O) groups is 4. The average molecular weight is 334 g/mol. The Kier molecular flexibility index (Phi) is 4.70. The van der Waals surface area contributed by atoms with E-state index in [1.54, 1.807) is 12.1 Å². The van der Waals surface area contributed by atoms with Crippen LogP contribution in [0, 0.1) is 0 Å². The predicted octanol–water partition coefficient (Wildman–Crippen LogP) is -1.19. The van der Waals surface area contributed by atoms with Crippen LogP contribution in [0.15, 0.2) is 36.4 Å². The van der Waals surface area contributed by atoms with E-state index in [0.717, 1.165) is 12.1 Å². The van der Waals surface area contributed by atoms with Crippen LogP contribution < -0.4 is 10.2 Å². The Hall–Kier alpha value is -2.02. The molecule has 0 fully saturated rings. The van der Waals surface area contributed by atoms with Crippen LogP contribution >= 0.6 is 0 Å². The zero-order valence-corrected chi connectivity index (χ0v) is 13.8. The Morgan fingerprint density at radius 3 is 1.35 bits per heavy atom. The molecule has 0 heterocycles. The number of benzene rings is 2. The van der Waals surface area contributed by atoms with Crippen molar-refractivity contribution in [3.8, 4) is 0 Å². The molecule has 6 nitrogen and oxygen atoms in total. The largest absolute Gasteiger partial charge is 2.00 e. The summed E-state index contributed by atoms with van der Waals surface area (Å²) in [6.07, 6.45) is 0. The summed E-state index contributed by atoms with van der Waals surface area (Å²) in [7, 11) is 0. The fourth-order valence-corrected chi connectivity index (χ4v) is 2.48. The van der Waals surface area contributed by atoms with Crippen LogP contribution in [-0.2, 0) is 0 Å². The van der Waals surface area contributed by atoms with Crippen molar-refractivity contribution in [1.29, 1.82) is 0 Å². The van der Waals surface area contributed by atoms with E-state index >= 15 is 0 Å². The maximum absolute atomic E-state index is 12.4. The van der Waals surface area contributed by atoms with E-state index in [-0.39, 0.29) is 60.0 Å². The maximum atomic E-state index is 12.4. The first-order valence-electron chi connectivity index (χ1n) is 6.21. The zero-order chi connectivity index (χ0) is 16.0. The van der Waals surface area contributed by atoms with Crippen molar-refractivity contribution in [3.63, 3.8) is 0 Å². The molecule has 0 saturated carbocycles. The fraction of sp³-hybridized carbons (Fsp3) is 0. The van der Waals surface area contributed by atoms with E-state index in [0.29, 0.717) is 0 Å². The zero-order valence-electron chi connectivity index (χ0n) is 11.6. The molecule has 7 heteroatoms. The summed E-state index contributed by atoms with van der Waals surface area (Å²) < 4.78 is 0. The molecule has 0 atom stereocenters. The Morgan fingerprint density at radius 2 is 1.04 bits per heavy atom. The third-order valence-corrected chi connectivity index (χ3v) is 3.50. The number of rotatable bonds is 2. The monoisotopic (exact) mass is 334 g/mol. The summed E-state index contributed by atoms with van der Waals surface area (Å²) in [5.41, 5.74) is -1.42. The van der Waals surface area contributed by atoms with Gasteiger partial charge in [-0.05, 0) is 12.1 Å². The summed E-state index contributed by atoms with van der Waals surface area (Å²) in [6, 6.07) is 7.75. The van der Waals surface area contributed by atoms with Gasteiger partial charge in [-0.1, -0.05) is 24.3 Å². The van der Waals surface area contributed by atoms with Gasteiger partial charge in [-0.25, -0.2) is 0 Å². The first-order valence-corrected chi connectivity index (χ1v) is 6.21. The Bertz CT molecular complexity index is 812. The molecule has 1 aliphatic rings. The number of carboxylic acid groups (broad SMARTS) is 2. The summed E-state index contributed by atoms with van der Waals surface area (Å²) in [5.74, 6) is -4.61. The number of ketones is 2. The van der Waals surface area contributed by atoms with Gasteiger partial charge < -0.3 is 19.8 Å². The van der Waals surface area contributed by atoms with Crippen LogP contribution in [0.1, 0.15) is 52.6 Å². The SMILES string of the molecule is O=C([O-])c1cc2c(cc1C(=O)[O-])C(=O)c1ccccc1C2=O.[Ca+2]. The molecule has 2 aromatic carbocycles. The van der Waals surface area contributed by atoms with Gasteiger partial charge >= 0.3 is 37.7 Å². The predicted molar refractivity (Wildman–Crippen MR) is 74.2 cm³/mol. The van der Waals surface area contributed by atoms with E-state index < -0.39 is 34.6 Å². The van der Waals surface area contributed by atoms with Crippen molar-refractivity contribution in [2.24, 2.45) is 0 Å². The van der Waals surface area contributed by atoms with E-state index in [1.807, 2.05) is 0 Å². The second kappa shape index (κ2) is 6.23. The molecule has 0 N–H and O–H groups in total. The van der Waals surface area contributed by atoms with Gasteiger partial charge in [0, 0.05) is 33.4 Å². The molecule has 0 spiro atoms. The van der Waals surface area contributed by atoms with Crippen LogP contribution in [0.25, 0.3) is 0 Å². The van der Waals surface area contributed by atoms with Crippen molar-refractivity contribution in [2.45, 2.75) is 0 Å². The van der Waals surface area contributed by atoms with Crippen molar-refractivity contribution in [3.05, 3.63) is 69.8 Å². The first kappa shape index (κ1) is 17.3. The molecular weight excluding hydrogens is 328 g/mol. The molecule has 0 bridgehead atoms. The molecule has 0 aliphatic heterocycles. The summed E-state index contributed by atoms with van der Waals surface area (Å²) in [5, 5.41) is 22.1. The Morgan fingerprint density at radius 1 is 0.696 bits per heavy atom. The van der Waals surface area contributed by atoms with Crippen molar-refractivity contribution in [2.75, 3.05) is 0 Å². The molecule has 0 unspecified atom stereocenters. The van der Waals surface area contributed by atoms with Gasteiger partial charge in [-0.2, -0.15) is 0 Å². The molecule has 23 heavy (non-hydrogen) atoms. The minimum absolute atomic E-state index is 0. The van der Waals surface area contributed by atoms with Gasteiger partial charge in [0.05, 0.1) is 11.9 Å². The number of carbonyl (C=O) groups excluding carboxylic acids is 4. The van der Waals surface area contributed by atoms with Crippen LogP contribution in [0.2, 0.25) is 0 Å². The van der Waals surface area contributed by atoms with E-state index in [2.05, 4.69) is 0 Å². The fourth-order valence-electron chi connectivity index (χ4n) is 2.48. The van der Waals surface area contributed by atoms with Crippen LogP contribution in [-0.4, -0.2) is 61.2 Å². The van der Waals surface area contributed by atoms with E-state index in [9.17, 15) is 29.4 Å². The summed E-state index contributed by atoms with van der Waals surface area (Å²) in [6.45, 7) is 0. The molecule has 1 aliphatic carbocycles. The van der Waals surface area contributed by atoms with Crippen LogP contribution in [0.4, 0.5) is 0 Å². The Labute approximate surface area is 159 Å². The second-order valence-electron chi connectivity index (χ2n) is 4.72. The molecule has 108 valence electrons. The molecule has 0 amide bonds. The van der Waals surface area contributed by atoms with Crippen molar-refractivity contribution in [1.82, 2.24) is 0 Å². The molecule has 0 radical (unpaired) electrons. The standard InChI is InChI=1S/C16H8O6.Ca/c17-13-7-3-1-2-4-8(7)14(18)10-6-12(16(21)22)11(15(19)20)5-9(10)13;/h1-6H,(H,19,20)(H,21,22);/q;+2/p-2. The van der Waals surface area contributed by atoms with Crippen LogP contribution in [0.5, 0.6) is 0 Å². The van der Waals surface area contributed by atoms with Gasteiger partial charge in [0.25, 0.3) is 0 Å². The third kappa shape index (κ3) is 2.69. The van der Waals surface area contributed by atoms with E-state index in [4.69, 9.17) is 0 Å². The summed E-state index contributed by atoms with van der Waals surface area (Å²) >= 11 is 0. The van der Waals surface area contributed by atoms with E-state index in [1.165, 1.54) is 12.1 Å². The Balaban J connectivity index is 0.00000192. The number of hydrogen-bond acceptors (Lipinski definition) is 6. The smallest absolute Gasteiger partial charge is 0.545 e. The maximum Gasteiger partial charge on any atom is 2.00 e. The molecule has 2 aromatic rings. The molecule has 0 aromatic heterocycles. The minimum Gasteiger partial charge on any atom is -0.545 e. The molecule has 3 rings (SSSR count). The number of hydrogen-bond donors (Lipinski definition) is 0. The first-order chi connectivity index (χ1) is 10.4. The summed E-state index contributed by atoms with van der Waals surface area (Å²) in [4.78, 5) is 46.9. The minimum atomic E-state index is -1.76. The van der Waals surface area contributed by atoms with Crippen molar-refractivity contribution < 1.29 is 29.4 Å². The van der Waals surface area contributed by atoms with Crippen molar-refractivity contribution >= 4 is 61.2 Å². The van der Waals surface area contributed by atoms with Gasteiger partial charge in [0.15, 0.2) is 11.6 Å². The molecular formula is C16H6CaO6. The van der Waals surface area contributed by atoms with Gasteiger partial charge in [-0.15, -0.1) is 0 Å². The van der Waals surface area contributed by atoms with Gasteiger partial charge in [0.1, 0.15) is 0 Å². The topological polar surface area (TPSA) is 114 Å². The van der Waals surface area contributed by atoms with Crippen LogP contribution in [0.3, 0.4) is 0 Å². The third-order valence-electron chi connectivity index (χ3n) is 3.50. The van der Waals surface area contributed by atoms with Gasteiger partial charge in [0.2, 0.25) is 0 Å². The second-order valence-corrected chi connectivity index (χ2v) is 4.72. The number of aromatic carboxylic acids is 2.